The number of benzene rings is 3. The summed E-state index contributed by atoms with van der Waals surface area (Å²) >= 11 is 0. The number of carbonyl (C=O) groups excluding carboxylic acids is 2. The molecule has 3 aromatic carbocycles. The Bertz CT molecular complexity index is 1240. The summed E-state index contributed by atoms with van der Waals surface area (Å²) in [6.07, 6.45) is -0.955. The van der Waals surface area contributed by atoms with E-state index in [1.807, 2.05) is 56.3 Å². The van der Waals surface area contributed by atoms with Crippen molar-refractivity contribution in [3.8, 4) is 11.5 Å². The number of hydroxylamine groups is 1. The summed E-state index contributed by atoms with van der Waals surface area (Å²) in [6, 6.07) is 19.3. The van der Waals surface area contributed by atoms with Gasteiger partial charge in [-0.05, 0) is 55.3 Å². The number of phenolic OH excluding ortho intramolecular Hbond substituents is 1. The van der Waals surface area contributed by atoms with Crippen LogP contribution >= 0.6 is 0 Å². The van der Waals surface area contributed by atoms with Gasteiger partial charge in [0.05, 0.1) is 24.5 Å². The number of phenols is 1. The topological polar surface area (TPSA) is 79.3 Å². The van der Waals surface area contributed by atoms with Crippen molar-refractivity contribution < 1.29 is 24.3 Å². The van der Waals surface area contributed by atoms with Crippen LogP contribution in [0, 0.1) is 19.8 Å². The van der Waals surface area contributed by atoms with Gasteiger partial charge in [-0.2, -0.15) is 0 Å². The maximum Gasteiger partial charge on any atom is 0.266 e. The predicted molar refractivity (Wildman–Crippen MR) is 123 cm³/mol. The molecule has 0 aliphatic carbocycles. The van der Waals surface area contributed by atoms with Crippen molar-refractivity contribution >= 4 is 23.2 Å². The summed E-state index contributed by atoms with van der Waals surface area (Å²) in [5.41, 5.74) is 3.89. The zero-order valence-electron chi connectivity index (χ0n) is 18.6. The van der Waals surface area contributed by atoms with Crippen LogP contribution < -0.4 is 14.7 Å². The second-order valence-electron chi connectivity index (χ2n) is 8.39. The Labute approximate surface area is 191 Å². The number of amides is 2. The molecule has 2 amide bonds. The van der Waals surface area contributed by atoms with Crippen LogP contribution in [-0.4, -0.2) is 30.1 Å². The fourth-order valence-corrected chi connectivity index (χ4v) is 4.72. The number of hydrogen-bond acceptors (Lipinski definition) is 6. The van der Waals surface area contributed by atoms with Gasteiger partial charge in [-0.15, -0.1) is 0 Å². The maximum absolute atomic E-state index is 13.7. The van der Waals surface area contributed by atoms with Crippen molar-refractivity contribution in [2.45, 2.75) is 26.0 Å². The van der Waals surface area contributed by atoms with Crippen molar-refractivity contribution in [1.82, 2.24) is 0 Å². The molecule has 0 unspecified atom stereocenters. The third-order valence-corrected chi connectivity index (χ3v) is 6.26. The highest BCUT2D eigenvalue weighted by Crippen LogP contribution is 2.48. The molecule has 7 heteroatoms. The van der Waals surface area contributed by atoms with E-state index in [1.54, 1.807) is 23.3 Å². The number of ether oxygens (including phenoxy) is 1. The van der Waals surface area contributed by atoms with Crippen LogP contribution in [0.25, 0.3) is 0 Å². The quantitative estimate of drug-likeness (QED) is 0.611. The molecule has 3 atom stereocenters. The van der Waals surface area contributed by atoms with Crippen molar-refractivity contribution in [3.63, 3.8) is 0 Å². The highest BCUT2D eigenvalue weighted by molar-refractivity contribution is 6.24. The first kappa shape index (κ1) is 21.0. The predicted octanol–water partition coefficient (Wildman–Crippen LogP) is 4.07. The van der Waals surface area contributed by atoms with Crippen molar-refractivity contribution in [3.05, 3.63) is 83.4 Å². The number of fused-ring (bicyclic) bond motifs is 1. The number of aromatic hydroxyl groups is 1. The van der Waals surface area contributed by atoms with E-state index in [9.17, 15) is 14.7 Å². The molecular weight excluding hydrogens is 420 g/mol. The van der Waals surface area contributed by atoms with Gasteiger partial charge in [0, 0.05) is 0 Å². The molecule has 2 heterocycles. The van der Waals surface area contributed by atoms with E-state index < -0.39 is 18.1 Å². The van der Waals surface area contributed by atoms with Crippen LogP contribution in [0.15, 0.2) is 66.7 Å². The van der Waals surface area contributed by atoms with Gasteiger partial charge in [0.2, 0.25) is 5.91 Å². The Morgan fingerprint density at radius 3 is 2.39 bits per heavy atom. The molecule has 2 aliphatic rings. The van der Waals surface area contributed by atoms with Crippen LogP contribution in [0.1, 0.15) is 22.7 Å². The third kappa shape index (κ3) is 3.32. The van der Waals surface area contributed by atoms with E-state index in [2.05, 4.69) is 0 Å². The first-order valence-electron chi connectivity index (χ1n) is 10.7. The Hall–Kier alpha value is -3.84. The molecule has 3 aromatic rings. The second kappa shape index (κ2) is 7.94. The standard InChI is InChI=1S/C26H24N2O5/c1-15-9-11-19(16(2)13-15)27-25(30)22-23(17-10-12-20(29)21(14-17)32-3)28(33-24(22)26(27)31)18-7-5-4-6-8-18/h4-14,22-24,29H,1-3H3/t22-,23+,24-/m1/s1. The lowest BCUT2D eigenvalue weighted by Gasteiger charge is -2.29. The van der Waals surface area contributed by atoms with Crippen LogP contribution in [-0.2, 0) is 14.4 Å². The Morgan fingerprint density at radius 2 is 1.70 bits per heavy atom. The van der Waals surface area contributed by atoms with Crippen LogP contribution in [0.4, 0.5) is 11.4 Å². The average molecular weight is 444 g/mol. The molecule has 2 saturated heterocycles. The molecule has 0 aromatic heterocycles. The fraction of sp³-hybridized carbons (Fsp3) is 0.231. The second-order valence-corrected chi connectivity index (χ2v) is 8.39. The van der Waals surface area contributed by atoms with Gasteiger partial charge in [0.1, 0.15) is 5.92 Å². The smallest absolute Gasteiger partial charge is 0.266 e. The van der Waals surface area contributed by atoms with E-state index in [1.165, 1.54) is 18.1 Å². The zero-order chi connectivity index (χ0) is 23.3. The number of para-hydroxylation sites is 1. The lowest BCUT2D eigenvalue weighted by Crippen LogP contribution is -2.37. The van der Waals surface area contributed by atoms with Crippen molar-refractivity contribution in [2.75, 3.05) is 17.1 Å². The summed E-state index contributed by atoms with van der Waals surface area (Å²) < 4.78 is 5.29. The zero-order valence-corrected chi connectivity index (χ0v) is 18.6. The molecule has 2 aliphatic heterocycles. The summed E-state index contributed by atoms with van der Waals surface area (Å²) in [4.78, 5) is 34.6. The molecular formula is C26H24N2O5. The fourth-order valence-electron chi connectivity index (χ4n) is 4.72. The summed E-state index contributed by atoms with van der Waals surface area (Å²) in [5, 5.41) is 11.7. The Kier molecular flexibility index (Phi) is 5.06. The number of nitrogens with zero attached hydrogens (tertiary/aromatic N) is 2. The molecule has 0 radical (unpaired) electrons. The van der Waals surface area contributed by atoms with E-state index in [4.69, 9.17) is 9.57 Å². The molecule has 2 fully saturated rings. The lowest BCUT2D eigenvalue weighted by molar-refractivity contribution is -0.126. The van der Waals surface area contributed by atoms with E-state index in [0.29, 0.717) is 11.3 Å². The minimum Gasteiger partial charge on any atom is -0.504 e. The average Bonchev–Trinajstić information content (AvgIpc) is 3.31. The highest BCUT2D eigenvalue weighted by Gasteiger charge is 2.60. The number of rotatable bonds is 4. The minimum absolute atomic E-state index is 0.00583. The first-order valence-corrected chi connectivity index (χ1v) is 10.7. The first-order chi connectivity index (χ1) is 15.9. The number of methoxy groups -OCH3 is 1. The van der Waals surface area contributed by atoms with Gasteiger partial charge in [-0.1, -0.05) is 42.0 Å². The summed E-state index contributed by atoms with van der Waals surface area (Å²) in [7, 11) is 1.47. The number of anilines is 2. The number of carbonyl (C=O) groups is 2. The van der Waals surface area contributed by atoms with Gasteiger partial charge in [0.25, 0.3) is 5.91 Å². The van der Waals surface area contributed by atoms with Crippen molar-refractivity contribution in [2.24, 2.45) is 5.92 Å². The molecule has 33 heavy (non-hydrogen) atoms. The van der Waals surface area contributed by atoms with Gasteiger partial charge < -0.3 is 9.84 Å². The third-order valence-electron chi connectivity index (χ3n) is 6.26. The Balaban J connectivity index is 1.61. The monoisotopic (exact) mass is 444 g/mol. The lowest BCUT2D eigenvalue weighted by atomic mass is 9.90. The summed E-state index contributed by atoms with van der Waals surface area (Å²) in [5.74, 6) is -1.17. The number of hydrogen-bond donors (Lipinski definition) is 1. The molecule has 0 saturated carbocycles. The molecule has 0 spiro atoms. The van der Waals surface area contributed by atoms with Crippen LogP contribution in [0.3, 0.4) is 0 Å². The highest BCUT2D eigenvalue weighted by atomic mass is 16.7. The molecule has 1 N–H and O–H groups in total. The number of aryl methyl sites for hydroxylation is 2. The normalized spacial score (nSPS) is 22.1. The molecule has 168 valence electrons. The molecule has 7 nitrogen and oxygen atoms in total. The van der Waals surface area contributed by atoms with Gasteiger partial charge in [0.15, 0.2) is 17.6 Å². The Morgan fingerprint density at radius 1 is 0.939 bits per heavy atom. The minimum atomic E-state index is -0.955. The van der Waals surface area contributed by atoms with E-state index >= 15 is 0 Å². The van der Waals surface area contributed by atoms with Gasteiger partial charge in [-0.25, -0.2) is 9.96 Å². The number of imide groups is 1. The van der Waals surface area contributed by atoms with Gasteiger partial charge >= 0.3 is 0 Å². The molecule has 0 bridgehead atoms. The largest absolute Gasteiger partial charge is 0.504 e. The van der Waals surface area contributed by atoms with Crippen molar-refractivity contribution in [1.29, 1.82) is 0 Å². The van der Waals surface area contributed by atoms with E-state index in [-0.39, 0.29) is 23.3 Å². The molecule has 5 rings (SSSR count). The SMILES string of the molecule is COc1cc([C@H]2[C@H]3C(=O)N(c4ccc(C)cc4C)C(=O)[C@@H]3ON2c2ccccc2)ccc1O. The van der Waals surface area contributed by atoms with Gasteiger partial charge in [-0.3, -0.25) is 14.4 Å². The summed E-state index contributed by atoms with van der Waals surface area (Å²) in [6.45, 7) is 3.85. The maximum atomic E-state index is 13.7. The van der Waals surface area contributed by atoms with Crippen LogP contribution in [0.2, 0.25) is 0 Å². The van der Waals surface area contributed by atoms with Crippen LogP contribution in [0.5, 0.6) is 11.5 Å². The van der Waals surface area contributed by atoms with E-state index in [0.717, 1.165) is 16.8 Å².